The molecule has 4 aromatic rings. The SMILES string of the molecule is CC1=CS[C@H]([C@@]2(CN)[C@@H]3CCN(c4cnc5c(-c6ccc(F)c7ncccc67)c[nH]c5n4)C[C@@H]32)N1. The Morgan fingerprint density at radius 2 is 2.11 bits per heavy atom. The molecule has 0 unspecified atom stereocenters. The number of aromatic nitrogens is 4. The van der Waals surface area contributed by atoms with Crippen LogP contribution in [0.3, 0.4) is 0 Å². The molecule has 178 valence electrons. The molecule has 0 radical (unpaired) electrons. The van der Waals surface area contributed by atoms with Gasteiger partial charge < -0.3 is 20.9 Å². The number of aromatic amines is 1. The van der Waals surface area contributed by atoms with Crippen LogP contribution in [-0.4, -0.2) is 44.9 Å². The summed E-state index contributed by atoms with van der Waals surface area (Å²) in [4.78, 5) is 19.6. The van der Waals surface area contributed by atoms with E-state index in [1.165, 1.54) is 11.8 Å². The highest BCUT2D eigenvalue weighted by Gasteiger charge is 2.69. The number of H-pyrrole nitrogens is 1. The summed E-state index contributed by atoms with van der Waals surface area (Å²) in [5.74, 6) is 1.77. The van der Waals surface area contributed by atoms with Crippen LogP contribution in [0.25, 0.3) is 33.2 Å². The average molecular weight is 488 g/mol. The summed E-state index contributed by atoms with van der Waals surface area (Å²) in [5.41, 5.74) is 11.4. The molecule has 0 spiro atoms. The van der Waals surface area contributed by atoms with Crippen LogP contribution in [0.1, 0.15) is 13.3 Å². The first-order chi connectivity index (χ1) is 17.1. The average Bonchev–Trinajstić information content (AvgIpc) is 3.13. The topological polar surface area (TPSA) is 95.8 Å². The van der Waals surface area contributed by atoms with Crippen LogP contribution in [0, 0.1) is 23.1 Å². The van der Waals surface area contributed by atoms with Crippen molar-refractivity contribution in [2.75, 3.05) is 24.5 Å². The van der Waals surface area contributed by atoms with Crippen LogP contribution < -0.4 is 16.0 Å². The lowest BCUT2D eigenvalue weighted by molar-refractivity contribution is 0.403. The normalized spacial score (nSPS) is 27.7. The van der Waals surface area contributed by atoms with Crippen molar-refractivity contribution < 1.29 is 4.39 Å². The molecule has 1 aromatic carbocycles. The third kappa shape index (κ3) is 3.04. The second kappa shape index (κ2) is 7.66. The monoisotopic (exact) mass is 487 g/mol. The molecule has 0 bridgehead atoms. The van der Waals surface area contributed by atoms with Crippen LogP contribution in [0.5, 0.6) is 0 Å². The number of benzene rings is 1. The molecule has 2 fully saturated rings. The maximum Gasteiger partial charge on any atom is 0.159 e. The van der Waals surface area contributed by atoms with E-state index < -0.39 is 0 Å². The number of fused-ring (bicyclic) bond motifs is 3. The van der Waals surface area contributed by atoms with Crippen LogP contribution in [0.15, 0.2) is 54.0 Å². The number of nitrogens with two attached hydrogens (primary N) is 1. The summed E-state index contributed by atoms with van der Waals surface area (Å²) in [7, 11) is 0. The van der Waals surface area contributed by atoms with Gasteiger partial charge in [-0.05, 0) is 48.3 Å². The van der Waals surface area contributed by atoms with Gasteiger partial charge in [-0.15, -0.1) is 11.8 Å². The van der Waals surface area contributed by atoms with E-state index in [2.05, 4.69) is 32.5 Å². The highest BCUT2D eigenvalue weighted by atomic mass is 32.2. The number of hydrogen-bond donors (Lipinski definition) is 3. The van der Waals surface area contributed by atoms with Gasteiger partial charge in [0.15, 0.2) is 5.65 Å². The molecule has 7 rings (SSSR count). The smallest absolute Gasteiger partial charge is 0.159 e. The molecule has 35 heavy (non-hydrogen) atoms. The number of hydrogen-bond acceptors (Lipinski definition) is 7. The summed E-state index contributed by atoms with van der Waals surface area (Å²) < 4.78 is 14.3. The number of halogens is 1. The lowest BCUT2D eigenvalue weighted by Crippen LogP contribution is -2.38. The van der Waals surface area contributed by atoms with Gasteiger partial charge in [0, 0.05) is 54.1 Å². The van der Waals surface area contributed by atoms with Crippen molar-refractivity contribution in [2.24, 2.45) is 23.0 Å². The van der Waals surface area contributed by atoms with Gasteiger partial charge in [0.2, 0.25) is 0 Å². The van der Waals surface area contributed by atoms with Crippen LogP contribution in [-0.2, 0) is 0 Å². The number of anilines is 1. The van der Waals surface area contributed by atoms with Crippen molar-refractivity contribution in [1.82, 2.24) is 25.3 Å². The van der Waals surface area contributed by atoms with Gasteiger partial charge in [0.05, 0.1) is 11.6 Å². The largest absolute Gasteiger partial charge is 0.376 e. The molecular weight excluding hydrogens is 461 g/mol. The zero-order valence-corrected chi connectivity index (χ0v) is 20.1. The van der Waals surface area contributed by atoms with Gasteiger partial charge in [0.25, 0.3) is 0 Å². The van der Waals surface area contributed by atoms with Crippen LogP contribution >= 0.6 is 11.8 Å². The molecule has 0 amide bonds. The minimum Gasteiger partial charge on any atom is -0.376 e. The van der Waals surface area contributed by atoms with Crippen molar-refractivity contribution >= 4 is 39.6 Å². The first kappa shape index (κ1) is 21.1. The Kier molecular flexibility index (Phi) is 4.63. The van der Waals surface area contributed by atoms with Gasteiger partial charge in [-0.2, -0.15) is 0 Å². The van der Waals surface area contributed by atoms with Crippen molar-refractivity contribution in [3.8, 4) is 11.1 Å². The molecule has 1 aliphatic carbocycles. The molecule has 1 saturated heterocycles. The fraction of sp³-hybridized carbons (Fsp3) is 0.346. The third-order valence-corrected chi connectivity index (χ3v) is 9.49. The number of rotatable bonds is 4. The number of pyridine rings is 1. The molecule has 7 nitrogen and oxygen atoms in total. The number of thioether (sulfide) groups is 1. The quantitative estimate of drug-likeness (QED) is 0.396. The Bertz CT molecular complexity index is 1500. The first-order valence-electron chi connectivity index (χ1n) is 12.0. The predicted octanol–water partition coefficient (Wildman–Crippen LogP) is 4.24. The minimum absolute atomic E-state index is 0.141. The van der Waals surface area contributed by atoms with Gasteiger partial charge in [-0.25, -0.2) is 14.4 Å². The Hall–Kier alpha value is -3.17. The molecule has 4 atom stereocenters. The second-order valence-corrected chi connectivity index (χ2v) is 10.8. The Labute approximate surface area is 206 Å². The molecule has 1 saturated carbocycles. The molecule has 4 N–H and O–H groups in total. The maximum absolute atomic E-state index is 14.3. The fourth-order valence-corrected chi connectivity index (χ4v) is 7.71. The van der Waals surface area contributed by atoms with E-state index >= 15 is 0 Å². The Balaban J connectivity index is 1.18. The summed E-state index contributed by atoms with van der Waals surface area (Å²) >= 11 is 1.88. The highest BCUT2D eigenvalue weighted by Crippen LogP contribution is 2.66. The van der Waals surface area contributed by atoms with E-state index in [1.807, 2.05) is 36.3 Å². The molecule has 3 aromatic heterocycles. The lowest BCUT2D eigenvalue weighted by atomic mass is 10.0. The molecule has 5 heterocycles. The maximum atomic E-state index is 14.3. The Morgan fingerprint density at radius 3 is 2.94 bits per heavy atom. The summed E-state index contributed by atoms with van der Waals surface area (Å²) in [6, 6.07) is 6.96. The summed E-state index contributed by atoms with van der Waals surface area (Å²) in [6.45, 7) is 4.72. The summed E-state index contributed by atoms with van der Waals surface area (Å²) in [5, 5.41) is 6.98. The van der Waals surface area contributed by atoms with E-state index in [0.29, 0.717) is 29.3 Å². The van der Waals surface area contributed by atoms with Crippen molar-refractivity contribution in [1.29, 1.82) is 0 Å². The molecule has 2 aliphatic heterocycles. The molecule has 3 aliphatic rings. The van der Waals surface area contributed by atoms with Gasteiger partial charge in [0.1, 0.15) is 22.7 Å². The van der Waals surface area contributed by atoms with Crippen LogP contribution in [0.2, 0.25) is 0 Å². The highest BCUT2D eigenvalue weighted by molar-refractivity contribution is 8.03. The van der Waals surface area contributed by atoms with Crippen molar-refractivity contribution in [3.63, 3.8) is 0 Å². The number of nitrogens with one attached hydrogen (secondary N) is 2. The van der Waals surface area contributed by atoms with Gasteiger partial charge >= 0.3 is 0 Å². The minimum atomic E-state index is -0.327. The predicted molar refractivity (Wildman–Crippen MR) is 138 cm³/mol. The van der Waals surface area contributed by atoms with E-state index in [-0.39, 0.29) is 11.2 Å². The van der Waals surface area contributed by atoms with E-state index in [4.69, 9.17) is 15.7 Å². The van der Waals surface area contributed by atoms with E-state index in [0.717, 1.165) is 53.0 Å². The molecule has 9 heteroatoms. The number of allylic oxidation sites excluding steroid dienone is 1. The van der Waals surface area contributed by atoms with Crippen LogP contribution in [0.4, 0.5) is 10.2 Å². The van der Waals surface area contributed by atoms with Gasteiger partial charge in [-0.3, -0.25) is 4.98 Å². The van der Waals surface area contributed by atoms with E-state index in [1.54, 1.807) is 12.3 Å². The summed E-state index contributed by atoms with van der Waals surface area (Å²) in [6.07, 6.45) is 6.49. The van der Waals surface area contributed by atoms with Crippen molar-refractivity contribution in [2.45, 2.75) is 18.7 Å². The van der Waals surface area contributed by atoms with Gasteiger partial charge in [-0.1, -0.05) is 12.1 Å². The standard InChI is InChI=1S/C26H26FN7S/c1-14-12-35-25(32-14)26(13-28)18-6-8-34(11-19(18)26)21-10-30-23-17(9-31-24(23)33-21)15-4-5-20(27)22-16(15)3-2-7-29-22/h2-5,7,9-10,12,18-19,25,32H,6,8,11,13,28H2,1H3,(H,31,33)/t18-,19+,25-,26+/m1/s1. The lowest BCUT2D eigenvalue weighted by Gasteiger charge is -2.27. The number of piperidine rings is 1. The third-order valence-electron chi connectivity index (χ3n) is 8.17. The van der Waals surface area contributed by atoms with Crippen molar-refractivity contribution in [3.05, 3.63) is 59.8 Å². The van der Waals surface area contributed by atoms with E-state index in [9.17, 15) is 4.39 Å². The zero-order valence-electron chi connectivity index (χ0n) is 19.3. The first-order valence-corrected chi connectivity index (χ1v) is 13.0. The Morgan fingerprint density at radius 1 is 1.20 bits per heavy atom. The fourth-order valence-electron chi connectivity index (χ4n) is 6.35. The number of nitrogens with zero attached hydrogens (tertiary/aromatic N) is 4. The second-order valence-electron chi connectivity index (χ2n) is 9.85. The zero-order chi connectivity index (χ0) is 23.7. The molecular formula is C26H26FN7S.